The predicted molar refractivity (Wildman–Crippen MR) is 325 cm³/mol. The van der Waals surface area contributed by atoms with Crippen LogP contribution >= 0.6 is 0 Å². The second-order valence-electron chi connectivity index (χ2n) is 25.0. The quantitative estimate of drug-likeness (QED) is 0.153. The van der Waals surface area contributed by atoms with Crippen molar-refractivity contribution in [1.82, 2.24) is 29.1 Å². The molecule has 390 valence electrons. The van der Waals surface area contributed by atoms with Crippen molar-refractivity contribution in [2.24, 2.45) is 0 Å². The molecule has 7 aromatic carbocycles. The number of nitrogens with zero attached hydrogens (tertiary/aromatic N) is 10. The molecular weight excluding hydrogens is 981 g/mol. The minimum absolute atomic E-state index is 0.168. The third kappa shape index (κ3) is 9.30. The highest BCUT2D eigenvalue weighted by Gasteiger charge is 2.27. The van der Waals surface area contributed by atoms with Gasteiger partial charge in [0.2, 0.25) is 0 Å². The van der Waals surface area contributed by atoms with E-state index in [1.807, 2.05) is 85.1 Å². The molecule has 4 heterocycles. The molecule has 0 fully saturated rings. The maximum Gasteiger partial charge on any atom is 0.188 e. The fourth-order valence-corrected chi connectivity index (χ4v) is 10.7. The minimum atomic E-state index is -0.168. The Morgan fingerprint density at radius 3 is 1.19 bits per heavy atom. The second kappa shape index (κ2) is 19.0. The van der Waals surface area contributed by atoms with Gasteiger partial charge in [-0.1, -0.05) is 107 Å². The Morgan fingerprint density at radius 1 is 0.400 bits per heavy atom. The highest BCUT2D eigenvalue weighted by atomic mass is 15.0. The van der Waals surface area contributed by atoms with Gasteiger partial charge in [-0.3, -0.25) is 4.98 Å². The molecule has 0 radical (unpaired) electrons. The first kappa shape index (κ1) is 52.3. The van der Waals surface area contributed by atoms with Crippen LogP contribution < -0.4 is 0 Å². The lowest BCUT2D eigenvalue weighted by Crippen LogP contribution is -2.17. The van der Waals surface area contributed by atoms with Crippen molar-refractivity contribution in [2.45, 2.75) is 105 Å². The van der Waals surface area contributed by atoms with Crippen LogP contribution in [0.5, 0.6) is 0 Å². The number of fused-ring (bicyclic) bond motifs is 6. The molecule has 0 N–H and O–H groups in total. The third-order valence-corrected chi connectivity index (χ3v) is 15.3. The number of hydrogen-bond donors (Lipinski definition) is 0. The molecule has 10 nitrogen and oxygen atoms in total. The van der Waals surface area contributed by atoms with Crippen molar-refractivity contribution in [2.75, 3.05) is 0 Å². The largest absolute Gasteiger partial charge is 0.309 e. The number of aromatic nitrogens is 6. The van der Waals surface area contributed by atoms with Gasteiger partial charge in [-0.25, -0.2) is 24.6 Å². The summed E-state index contributed by atoms with van der Waals surface area (Å²) in [7, 11) is 0. The van der Waals surface area contributed by atoms with Gasteiger partial charge in [0, 0.05) is 44.8 Å². The summed E-state index contributed by atoms with van der Waals surface area (Å²) in [6.45, 7) is 42.8. The topological polar surface area (TPSA) is 118 Å². The van der Waals surface area contributed by atoms with Gasteiger partial charge in [0.25, 0.3) is 0 Å². The van der Waals surface area contributed by atoms with Crippen LogP contribution in [0.3, 0.4) is 0 Å². The van der Waals surface area contributed by atoms with Gasteiger partial charge in [-0.05, 0) is 164 Å². The smallest absolute Gasteiger partial charge is 0.188 e. The van der Waals surface area contributed by atoms with Crippen LogP contribution in [0.15, 0.2) is 146 Å². The van der Waals surface area contributed by atoms with E-state index in [0.29, 0.717) is 40.0 Å². The van der Waals surface area contributed by atoms with E-state index in [-0.39, 0.29) is 21.7 Å². The molecule has 0 unspecified atom stereocenters. The van der Waals surface area contributed by atoms with Crippen molar-refractivity contribution in [3.63, 3.8) is 0 Å². The van der Waals surface area contributed by atoms with Crippen LogP contribution in [0, 0.1) is 35.8 Å². The van der Waals surface area contributed by atoms with E-state index in [2.05, 4.69) is 169 Å². The van der Waals surface area contributed by atoms with Crippen molar-refractivity contribution in [3.8, 4) is 68.8 Å². The number of hydrogen-bond acceptors (Lipinski definition) is 6. The van der Waals surface area contributed by atoms with Gasteiger partial charge in [-0.15, -0.1) is 0 Å². The van der Waals surface area contributed by atoms with Crippen LogP contribution in [0.4, 0.5) is 11.4 Å². The van der Waals surface area contributed by atoms with E-state index >= 15 is 0 Å². The highest BCUT2D eigenvalue weighted by molar-refractivity contribution is 6.13. The normalized spacial score (nSPS) is 12.2. The average molecular weight is 1040 g/mol. The highest BCUT2D eigenvalue weighted by Crippen LogP contribution is 2.44. The van der Waals surface area contributed by atoms with Gasteiger partial charge in [-0.2, -0.15) is 10.5 Å². The van der Waals surface area contributed by atoms with E-state index in [9.17, 15) is 10.5 Å². The lowest BCUT2D eigenvalue weighted by Gasteiger charge is -2.26. The number of nitriles is 2. The molecule has 4 aromatic heterocycles. The van der Waals surface area contributed by atoms with E-state index in [1.54, 1.807) is 6.20 Å². The Bertz CT molecular complexity index is 4270. The summed E-state index contributed by atoms with van der Waals surface area (Å²) in [5.41, 5.74) is 15.2. The number of pyridine rings is 1. The number of benzene rings is 7. The van der Waals surface area contributed by atoms with E-state index in [0.717, 1.165) is 82.8 Å². The predicted octanol–water partition coefficient (Wildman–Crippen LogP) is 18.2. The van der Waals surface area contributed by atoms with Gasteiger partial charge < -0.3 is 9.13 Å². The fraction of sp³-hybridized carbons (Fsp3) is 0.229. The van der Waals surface area contributed by atoms with Gasteiger partial charge >= 0.3 is 0 Å². The molecule has 11 aromatic rings. The first-order chi connectivity index (χ1) is 37.9. The molecule has 0 atom stereocenters. The summed E-state index contributed by atoms with van der Waals surface area (Å²) in [5, 5.41) is 23.6. The van der Waals surface area contributed by atoms with E-state index in [1.165, 1.54) is 22.3 Å². The minimum Gasteiger partial charge on any atom is -0.309 e. The molecule has 0 saturated carbocycles. The summed E-state index contributed by atoms with van der Waals surface area (Å²) >= 11 is 0. The zero-order chi connectivity index (χ0) is 56.8. The molecule has 0 bridgehead atoms. The second-order valence-corrected chi connectivity index (χ2v) is 25.0. The molecule has 0 aliphatic carbocycles. The zero-order valence-corrected chi connectivity index (χ0v) is 47.3. The first-order valence-electron chi connectivity index (χ1n) is 26.9. The molecule has 11 rings (SSSR count). The van der Waals surface area contributed by atoms with Crippen molar-refractivity contribution < 1.29 is 0 Å². The molecule has 80 heavy (non-hydrogen) atoms. The lowest BCUT2D eigenvalue weighted by atomic mass is 9.79. The molecule has 0 amide bonds. The van der Waals surface area contributed by atoms with Gasteiger partial charge in [0.05, 0.1) is 76.0 Å². The Morgan fingerprint density at radius 2 is 0.787 bits per heavy atom. The summed E-state index contributed by atoms with van der Waals surface area (Å²) < 4.78 is 4.37. The fourth-order valence-electron chi connectivity index (χ4n) is 10.7. The third-order valence-electron chi connectivity index (χ3n) is 15.3. The molecule has 0 aliphatic rings. The molecular formula is C70H60N10. The standard InChI is InChI=1S/C70H60N10/c1-67(2,3)46-29-44(30-47(34-46)68(4,5)6)65-76-64(77-66(78-65)45-31-48(69(7,8)9)35-49(32-45)70(10,11)12)43-17-22-60(79-61-23-18-50(73-13)36-56(61)57-37-51(74-14)19-24-62(57)79)55(33-43)52-25-26-75-40-63(52)80-58-20-15-41(38-71)27-53(58)54-28-42(39-72)16-21-59(54)80/h15-37,40H,1-12H3. The monoisotopic (exact) mass is 1040 g/mol. The molecule has 0 spiro atoms. The van der Waals surface area contributed by atoms with Crippen LogP contribution in [-0.4, -0.2) is 29.1 Å². The zero-order valence-electron chi connectivity index (χ0n) is 47.3. The van der Waals surface area contributed by atoms with Gasteiger partial charge in [0.15, 0.2) is 28.8 Å². The Labute approximate surface area is 468 Å². The molecule has 10 heteroatoms. The van der Waals surface area contributed by atoms with Crippen molar-refractivity contribution >= 4 is 55.0 Å². The molecule has 0 saturated heterocycles. The maximum atomic E-state index is 10.1. The van der Waals surface area contributed by atoms with E-state index in [4.69, 9.17) is 33.1 Å². The lowest BCUT2D eigenvalue weighted by molar-refractivity contribution is 0.568. The summed E-state index contributed by atoms with van der Waals surface area (Å²) in [4.78, 5) is 28.8. The molecule has 0 aliphatic heterocycles. The summed E-state index contributed by atoms with van der Waals surface area (Å²) in [6.07, 6.45) is 3.66. The van der Waals surface area contributed by atoms with Crippen LogP contribution in [0.1, 0.15) is 116 Å². The summed E-state index contributed by atoms with van der Waals surface area (Å²) in [6, 6.07) is 49.3. The number of rotatable bonds is 6. The van der Waals surface area contributed by atoms with Gasteiger partial charge in [0.1, 0.15) is 0 Å². The van der Waals surface area contributed by atoms with Crippen LogP contribution in [-0.2, 0) is 21.7 Å². The summed E-state index contributed by atoms with van der Waals surface area (Å²) in [5.74, 6) is 1.60. The average Bonchev–Trinajstić information content (AvgIpc) is 4.19. The Hall–Kier alpha value is -9.74. The Kier molecular flexibility index (Phi) is 12.4. The first-order valence-corrected chi connectivity index (χ1v) is 26.9. The maximum absolute atomic E-state index is 10.1. The van der Waals surface area contributed by atoms with Crippen molar-refractivity contribution in [3.05, 3.63) is 202 Å². The van der Waals surface area contributed by atoms with E-state index < -0.39 is 0 Å². The van der Waals surface area contributed by atoms with Crippen LogP contribution in [0.25, 0.3) is 110 Å². The van der Waals surface area contributed by atoms with Crippen LogP contribution in [0.2, 0.25) is 0 Å². The Balaban J connectivity index is 1.26. The SMILES string of the molecule is [C-]#[N+]c1ccc2c(c1)c1cc([N+]#[C-])ccc1n2-c1ccc(-c2nc(-c3cc(C(C)(C)C)cc(C(C)(C)C)c3)nc(-c3cc(C(C)(C)C)cc(C(C)(C)C)c3)n2)cc1-c1ccncc1-n1c2ccc(C#N)cc2c2cc(C#N)ccc21. The van der Waals surface area contributed by atoms with Crippen molar-refractivity contribution in [1.29, 1.82) is 10.5 Å².